The Balaban J connectivity index is 1.65. The lowest BCUT2D eigenvalue weighted by molar-refractivity contribution is 0.0697. The Hall–Kier alpha value is -2.39. The van der Waals surface area contributed by atoms with Crippen molar-refractivity contribution in [3.05, 3.63) is 47.3 Å². The number of amides is 1. The Kier molecular flexibility index (Phi) is 4.78. The summed E-state index contributed by atoms with van der Waals surface area (Å²) < 4.78 is 30.9. The molecule has 0 unspecified atom stereocenters. The number of nitrogen functional groups attached to an aromatic ring is 1. The van der Waals surface area contributed by atoms with E-state index in [-0.39, 0.29) is 24.7 Å². The molecule has 2 N–H and O–H groups in total. The molecule has 1 fully saturated rings. The van der Waals surface area contributed by atoms with Crippen LogP contribution in [0, 0.1) is 6.92 Å². The second-order valence-electron chi connectivity index (χ2n) is 6.01. The highest BCUT2D eigenvalue weighted by atomic mass is 32.2. The van der Waals surface area contributed by atoms with Gasteiger partial charge in [-0.1, -0.05) is 11.2 Å². The number of sulfonamides is 1. The van der Waals surface area contributed by atoms with Crippen LogP contribution >= 0.6 is 0 Å². The van der Waals surface area contributed by atoms with Crippen molar-refractivity contribution in [3.8, 4) is 0 Å². The maximum absolute atomic E-state index is 12.7. The van der Waals surface area contributed by atoms with Crippen LogP contribution in [0.5, 0.6) is 0 Å². The van der Waals surface area contributed by atoms with E-state index < -0.39 is 10.0 Å². The fraction of sp³-hybridized carbons (Fsp3) is 0.375. The van der Waals surface area contributed by atoms with Gasteiger partial charge in [0.15, 0.2) is 0 Å². The molecule has 3 rings (SSSR count). The van der Waals surface area contributed by atoms with Crippen LogP contribution in [-0.2, 0) is 15.8 Å². The summed E-state index contributed by atoms with van der Waals surface area (Å²) in [6.45, 7) is 3.04. The van der Waals surface area contributed by atoms with Crippen molar-refractivity contribution in [2.45, 2.75) is 12.7 Å². The first-order valence-electron chi connectivity index (χ1n) is 7.89. The summed E-state index contributed by atoms with van der Waals surface area (Å²) in [5.74, 6) is -0.329. The Morgan fingerprint density at radius 3 is 2.60 bits per heavy atom. The molecular weight excluding hydrogens is 344 g/mol. The van der Waals surface area contributed by atoms with Crippen LogP contribution < -0.4 is 5.73 Å². The van der Waals surface area contributed by atoms with Crippen LogP contribution in [-0.4, -0.2) is 54.9 Å². The summed E-state index contributed by atoms with van der Waals surface area (Å²) in [4.78, 5) is 14.3. The van der Waals surface area contributed by atoms with E-state index in [0.29, 0.717) is 30.0 Å². The largest absolute Gasteiger partial charge is 0.399 e. The summed E-state index contributed by atoms with van der Waals surface area (Å²) in [5.41, 5.74) is 8.07. The summed E-state index contributed by atoms with van der Waals surface area (Å²) in [6, 6.07) is 6.74. The van der Waals surface area contributed by atoms with E-state index in [9.17, 15) is 13.2 Å². The second kappa shape index (κ2) is 6.85. The number of carbonyl (C=O) groups excluding carboxylic acids is 1. The minimum Gasteiger partial charge on any atom is -0.399 e. The molecule has 2 aromatic rings. The molecule has 134 valence electrons. The molecule has 0 aliphatic carbocycles. The molecule has 0 spiro atoms. The highest BCUT2D eigenvalue weighted by Gasteiger charge is 2.30. The average molecular weight is 364 g/mol. The standard InChI is InChI=1S/C16H20N4O4S/c1-12-2-3-13(17)10-15(12)16(21)19-5-7-20(8-6-19)25(22,23)11-14-4-9-24-18-14/h2-4,9-10H,5-8,11,17H2,1H3. The van der Waals surface area contributed by atoms with Crippen molar-refractivity contribution in [2.75, 3.05) is 31.9 Å². The zero-order chi connectivity index (χ0) is 18.0. The molecule has 2 heterocycles. The number of hydrogen-bond donors (Lipinski definition) is 1. The SMILES string of the molecule is Cc1ccc(N)cc1C(=O)N1CCN(S(=O)(=O)Cc2ccon2)CC1. The number of aromatic nitrogens is 1. The molecule has 8 nitrogen and oxygen atoms in total. The fourth-order valence-corrected chi connectivity index (χ4v) is 4.22. The molecule has 1 aliphatic heterocycles. The molecular formula is C16H20N4O4S. The highest BCUT2D eigenvalue weighted by molar-refractivity contribution is 7.88. The third-order valence-electron chi connectivity index (χ3n) is 4.23. The second-order valence-corrected chi connectivity index (χ2v) is 7.98. The number of piperazine rings is 1. The van der Waals surface area contributed by atoms with Gasteiger partial charge >= 0.3 is 0 Å². The monoisotopic (exact) mass is 364 g/mol. The molecule has 1 aromatic carbocycles. The summed E-state index contributed by atoms with van der Waals surface area (Å²) >= 11 is 0. The van der Waals surface area contributed by atoms with Crippen LogP contribution in [0.15, 0.2) is 35.1 Å². The van der Waals surface area contributed by atoms with Gasteiger partial charge in [0.1, 0.15) is 12.0 Å². The fourth-order valence-electron chi connectivity index (χ4n) is 2.80. The van der Waals surface area contributed by atoms with Gasteiger partial charge in [0.05, 0.1) is 5.69 Å². The first-order chi connectivity index (χ1) is 11.9. The third kappa shape index (κ3) is 3.83. The molecule has 0 radical (unpaired) electrons. The number of anilines is 1. The molecule has 25 heavy (non-hydrogen) atoms. The lowest BCUT2D eigenvalue weighted by atomic mass is 10.1. The minimum atomic E-state index is -3.48. The van der Waals surface area contributed by atoms with Gasteiger partial charge in [-0.3, -0.25) is 4.79 Å². The van der Waals surface area contributed by atoms with Gasteiger partial charge in [-0.05, 0) is 24.6 Å². The predicted molar refractivity (Wildman–Crippen MR) is 92.2 cm³/mol. The Morgan fingerprint density at radius 1 is 1.24 bits per heavy atom. The lowest BCUT2D eigenvalue weighted by Crippen LogP contribution is -2.50. The van der Waals surface area contributed by atoms with Crippen LogP contribution in [0.1, 0.15) is 21.6 Å². The van der Waals surface area contributed by atoms with E-state index in [1.54, 1.807) is 23.1 Å². The highest BCUT2D eigenvalue weighted by Crippen LogP contribution is 2.18. The van der Waals surface area contributed by atoms with Crippen molar-refractivity contribution < 1.29 is 17.7 Å². The van der Waals surface area contributed by atoms with Gasteiger partial charge in [-0.2, -0.15) is 4.31 Å². The van der Waals surface area contributed by atoms with Crippen LogP contribution in [0.25, 0.3) is 0 Å². The van der Waals surface area contributed by atoms with E-state index in [2.05, 4.69) is 9.68 Å². The van der Waals surface area contributed by atoms with Crippen molar-refractivity contribution >= 4 is 21.6 Å². The Morgan fingerprint density at radius 2 is 1.96 bits per heavy atom. The van der Waals surface area contributed by atoms with Crippen LogP contribution in [0.4, 0.5) is 5.69 Å². The van der Waals surface area contributed by atoms with Gasteiger partial charge in [0, 0.05) is 43.5 Å². The van der Waals surface area contributed by atoms with Gasteiger partial charge in [-0.25, -0.2) is 8.42 Å². The van der Waals surface area contributed by atoms with Crippen molar-refractivity contribution in [3.63, 3.8) is 0 Å². The summed E-state index contributed by atoms with van der Waals surface area (Å²) in [6.07, 6.45) is 1.34. The smallest absolute Gasteiger partial charge is 0.254 e. The van der Waals surface area contributed by atoms with Gasteiger partial charge in [0.2, 0.25) is 10.0 Å². The molecule has 1 aliphatic rings. The maximum Gasteiger partial charge on any atom is 0.254 e. The first-order valence-corrected chi connectivity index (χ1v) is 9.50. The Labute approximate surface area is 146 Å². The van der Waals surface area contributed by atoms with E-state index in [1.807, 2.05) is 6.92 Å². The van der Waals surface area contributed by atoms with Crippen LogP contribution in [0.3, 0.4) is 0 Å². The molecule has 1 saturated heterocycles. The van der Waals surface area contributed by atoms with E-state index in [4.69, 9.17) is 5.73 Å². The zero-order valence-electron chi connectivity index (χ0n) is 13.9. The minimum absolute atomic E-state index is 0.127. The topological polar surface area (TPSA) is 110 Å². The molecule has 0 atom stereocenters. The number of carbonyl (C=O) groups is 1. The normalized spacial score (nSPS) is 16.1. The number of benzene rings is 1. The number of rotatable bonds is 4. The van der Waals surface area contributed by atoms with Crippen molar-refractivity contribution in [2.24, 2.45) is 0 Å². The van der Waals surface area contributed by atoms with Crippen molar-refractivity contribution in [1.82, 2.24) is 14.4 Å². The number of hydrogen-bond acceptors (Lipinski definition) is 6. The first kappa shape index (κ1) is 17.4. The van der Waals surface area contributed by atoms with Crippen molar-refractivity contribution in [1.29, 1.82) is 0 Å². The van der Waals surface area contributed by atoms with E-state index >= 15 is 0 Å². The van der Waals surface area contributed by atoms with E-state index in [1.165, 1.54) is 16.6 Å². The van der Waals surface area contributed by atoms with Gasteiger partial charge in [-0.15, -0.1) is 0 Å². The third-order valence-corrected chi connectivity index (χ3v) is 6.05. The molecule has 9 heteroatoms. The zero-order valence-corrected chi connectivity index (χ0v) is 14.7. The lowest BCUT2D eigenvalue weighted by Gasteiger charge is -2.34. The number of nitrogens with two attached hydrogens (primary N) is 1. The molecule has 1 amide bonds. The van der Waals surface area contributed by atoms with Crippen LogP contribution in [0.2, 0.25) is 0 Å². The molecule has 0 saturated carbocycles. The average Bonchev–Trinajstić information content (AvgIpc) is 3.09. The summed E-state index contributed by atoms with van der Waals surface area (Å²) in [5, 5.41) is 3.64. The number of aryl methyl sites for hydroxylation is 1. The quantitative estimate of drug-likeness (QED) is 0.806. The van der Waals surface area contributed by atoms with Gasteiger partial charge < -0.3 is 15.2 Å². The molecule has 0 bridgehead atoms. The molecule has 1 aromatic heterocycles. The number of nitrogens with zero attached hydrogens (tertiary/aromatic N) is 3. The van der Waals surface area contributed by atoms with Gasteiger partial charge in [0.25, 0.3) is 5.91 Å². The maximum atomic E-state index is 12.7. The summed E-state index contributed by atoms with van der Waals surface area (Å²) in [7, 11) is -3.48. The predicted octanol–water partition coefficient (Wildman–Crippen LogP) is 0.853. The Bertz CT molecular complexity index is 856. The van der Waals surface area contributed by atoms with E-state index in [0.717, 1.165) is 5.56 Å².